The summed E-state index contributed by atoms with van der Waals surface area (Å²) in [6, 6.07) is 9.27. The van der Waals surface area contributed by atoms with Crippen molar-refractivity contribution in [2.24, 2.45) is 0 Å². The van der Waals surface area contributed by atoms with Crippen molar-refractivity contribution in [3.63, 3.8) is 0 Å². The molecule has 1 heterocycles. The Morgan fingerprint density at radius 1 is 1.35 bits per heavy atom. The van der Waals surface area contributed by atoms with Crippen LogP contribution in [0.1, 0.15) is 24.4 Å². The molecule has 1 aliphatic rings. The maximum Gasteiger partial charge on any atom is 0.230 e. The van der Waals surface area contributed by atoms with E-state index in [2.05, 4.69) is 10.6 Å². The SMILES string of the molecule is O=C(CSC1CCNCC1)N[C@H](CO)c1ccccc1. The molecule has 20 heavy (non-hydrogen) atoms. The van der Waals surface area contributed by atoms with Gasteiger partial charge >= 0.3 is 0 Å². The molecule has 5 heteroatoms. The number of carbonyl (C=O) groups excluding carboxylic acids is 1. The predicted molar refractivity (Wildman–Crippen MR) is 82.8 cm³/mol. The molecule has 0 aromatic heterocycles. The highest BCUT2D eigenvalue weighted by Gasteiger charge is 2.17. The Balaban J connectivity index is 1.77. The normalized spacial score (nSPS) is 17.6. The molecule has 0 saturated carbocycles. The Labute approximate surface area is 124 Å². The molecule has 110 valence electrons. The van der Waals surface area contributed by atoms with Gasteiger partial charge in [0.25, 0.3) is 0 Å². The Morgan fingerprint density at radius 2 is 2.05 bits per heavy atom. The number of thioether (sulfide) groups is 1. The summed E-state index contributed by atoms with van der Waals surface area (Å²) in [5.74, 6) is 0.463. The number of aliphatic hydroxyl groups is 1. The van der Waals surface area contributed by atoms with E-state index in [-0.39, 0.29) is 18.6 Å². The van der Waals surface area contributed by atoms with Crippen LogP contribution in [0.25, 0.3) is 0 Å². The van der Waals surface area contributed by atoms with Gasteiger partial charge in [-0.05, 0) is 31.5 Å². The zero-order valence-electron chi connectivity index (χ0n) is 11.5. The van der Waals surface area contributed by atoms with Crippen LogP contribution in [0.15, 0.2) is 30.3 Å². The first-order chi connectivity index (χ1) is 9.79. The van der Waals surface area contributed by atoms with Crippen molar-refractivity contribution >= 4 is 17.7 Å². The Bertz CT molecular complexity index is 408. The second kappa shape index (κ2) is 8.29. The van der Waals surface area contributed by atoms with Gasteiger partial charge in [-0.2, -0.15) is 0 Å². The number of rotatable bonds is 6. The second-order valence-electron chi connectivity index (χ2n) is 4.97. The van der Waals surface area contributed by atoms with Crippen LogP contribution >= 0.6 is 11.8 Å². The summed E-state index contributed by atoms with van der Waals surface area (Å²) in [6.07, 6.45) is 2.25. The summed E-state index contributed by atoms with van der Waals surface area (Å²) in [5.41, 5.74) is 0.940. The molecule has 1 aromatic rings. The standard InChI is InChI=1S/C15H22N2O2S/c18-10-14(12-4-2-1-3-5-12)17-15(19)11-20-13-6-8-16-9-7-13/h1-5,13-14,16,18H,6-11H2,(H,17,19)/t14-/m1/s1. The molecular formula is C15H22N2O2S. The molecule has 0 aliphatic carbocycles. The van der Waals surface area contributed by atoms with E-state index in [0.717, 1.165) is 31.5 Å². The van der Waals surface area contributed by atoms with Gasteiger partial charge in [-0.25, -0.2) is 0 Å². The van der Waals surface area contributed by atoms with Crippen molar-refractivity contribution in [1.29, 1.82) is 0 Å². The predicted octanol–water partition coefficient (Wildman–Crippen LogP) is 1.32. The van der Waals surface area contributed by atoms with Gasteiger partial charge in [0, 0.05) is 5.25 Å². The van der Waals surface area contributed by atoms with Gasteiger partial charge in [0.2, 0.25) is 5.91 Å². The first-order valence-corrected chi connectivity index (χ1v) is 8.12. The number of piperidine rings is 1. The molecule has 1 amide bonds. The molecule has 0 bridgehead atoms. The summed E-state index contributed by atoms with van der Waals surface area (Å²) < 4.78 is 0. The zero-order chi connectivity index (χ0) is 14.2. The summed E-state index contributed by atoms with van der Waals surface area (Å²) in [7, 11) is 0. The van der Waals surface area contributed by atoms with Crippen LogP contribution in [0.3, 0.4) is 0 Å². The molecule has 1 fully saturated rings. The van der Waals surface area contributed by atoms with E-state index in [0.29, 0.717) is 11.0 Å². The van der Waals surface area contributed by atoms with Crippen molar-refractivity contribution in [1.82, 2.24) is 10.6 Å². The number of amides is 1. The molecule has 2 rings (SSSR count). The van der Waals surface area contributed by atoms with Crippen molar-refractivity contribution in [2.45, 2.75) is 24.1 Å². The number of carbonyl (C=O) groups is 1. The maximum atomic E-state index is 12.0. The number of nitrogens with one attached hydrogen (secondary N) is 2. The topological polar surface area (TPSA) is 61.4 Å². The highest BCUT2D eigenvalue weighted by atomic mass is 32.2. The lowest BCUT2D eigenvalue weighted by Crippen LogP contribution is -2.34. The average Bonchev–Trinajstić information content (AvgIpc) is 2.52. The van der Waals surface area contributed by atoms with Gasteiger partial charge in [-0.1, -0.05) is 30.3 Å². The van der Waals surface area contributed by atoms with Crippen LogP contribution in [0.5, 0.6) is 0 Å². The minimum absolute atomic E-state index is 0.00330. The van der Waals surface area contributed by atoms with E-state index in [9.17, 15) is 9.90 Å². The van der Waals surface area contributed by atoms with Gasteiger partial charge < -0.3 is 15.7 Å². The Kier molecular flexibility index (Phi) is 6.36. The minimum atomic E-state index is -0.308. The first-order valence-electron chi connectivity index (χ1n) is 7.07. The first kappa shape index (κ1) is 15.4. The zero-order valence-corrected chi connectivity index (χ0v) is 12.4. The van der Waals surface area contributed by atoms with E-state index >= 15 is 0 Å². The molecular weight excluding hydrogens is 272 g/mol. The molecule has 1 aromatic carbocycles. The van der Waals surface area contributed by atoms with E-state index in [1.807, 2.05) is 30.3 Å². The van der Waals surface area contributed by atoms with Crippen LogP contribution in [0.2, 0.25) is 0 Å². The van der Waals surface area contributed by atoms with Crippen molar-refractivity contribution < 1.29 is 9.90 Å². The van der Waals surface area contributed by atoms with Crippen LogP contribution in [-0.2, 0) is 4.79 Å². The highest BCUT2D eigenvalue weighted by molar-refractivity contribution is 8.00. The Hall–Kier alpha value is -1.04. The van der Waals surface area contributed by atoms with Gasteiger partial charge in [-0.3, -0.25) is 4.79 Å². The summed E-state index contributed by atoms with van der Waals surface area (Å²) >= 11 is 1.72. The lowest BCUT2D eigenvalue weighted by atomic mass is 10.1. The molecule has 0 unspecified atom stereocenters. The van der Waals surface area contributed by atoms with Crippen LogP contribution in [-0.4, -0.2) is 41.7 Å². The van der Waals surface area contributed by atoms with Gasteiger partial charge in [0.1, 0.15) is 0 Å². The van der Waals surface area contributed by atoms with Crippen LogP contribution < -0.4 is 10.6 Å². The molecule has 3 N–H and O–H groups in total. The monoisotopic (exact) mass is 294 g/mol. The molecule has 1 atom stereocenters. The lowest BCUT2D eigenvalue weighted by molar-refractivity contribution is -0.119. The lowest BCUT2D eigenvalue weighted by Gasteiger charge is -2.22. The van der Waals surface area contributed by atoms with E-state index in [1.165, 1.54) is 0 Å². The largest absolute Gasteiger partial charge is 0.394 e. The Morgan fingerprint density at radius 3 is 2.70 bits per heavy atom. The van der Waals surface area contributed by atoms with E-state index < -0.39 is 0 Å². The molecule has 0 radical (unpaired) electrons. The number of aliphatic hydroxyl groups excluding tert-OH is 1. The third kappa shape index (κ3) is 4.81. The van der Waals surface area contributed by atoms with Crippen molar-refractivity contribution in [2.75, 3.05) is 25.4 Å². The highest BCUT2D eigenvalue weighted by Crippen LogP contribution is 2.20. The fraction of sp³-hybridized carbons (Fsp3) is 0.533. The van der Waals surface area contributed by atoms with Crippen LogP contribution in [0.4, 0.5) is 0 Å². The second-order valence-corrected chi connectivity index (χ2v) is 6.26. The van der Waals surface area contributed by atoms with Crippen molar-refractivity contribution in [3.05, 3.63) is 35.9 Å². The van der Waals surface area contributed by atoms with E-state index in [4.69, 9.17) is 0 Å². The molecule has 1 saturated heterocycles. The minimum Gasteiger partial charge on any atom is -0.394 e. The summed E-state index contributed by atoms with van der Waals surface area (Å²) in [6.45, 7) is 2.01. The molecule has 0 spiro atoms. The quantitative estimate of drug-likeness (QED) is 0.740. The third-order valence-corrected chi connectivity index (χ3v) is 4.83. The van der Waals surface area contributed by atoms with Gasteiger partial charge in [0.15, 0.2) is 0 Å². The van der Waals surface area contributed by atoms with Crippen LogP contribution in [0, 0.1) is 0 Å². The smallest absolute Gasteiger partial charge is 0.230 e. The van der Waals surface area contributed by atoms with E-state index in [1.54, 1.807) is 11.8 Å². The van der Waals surface area contributed by atoms with Gasteiger partial charge in [-0.15, -0.1) is 11.8 Å². The number of hydrogen-bond acceptors (Lipinski definition) is 4. The third-order valence-electron chi connectivity index (χ3n) is 3.46. The fourth-order valence-corrected chi connectivity index (χ4v) is 3.35. The number of benzene rings is 1. The molecule has 4 nitrogen and oxygen atoms in total. The molecule has 1 aliphatic heterocycles. The van der Waals surface area contributed by atoms with Crippen molar-refractivity contribution in [3.8, 4) is 0 Å². The average molecular weight is 294 g/mol. The number of hydrogen-bond donors (Lipinski definition) is 3. The van der Waals surface area contributed by atoms with Gasteiger partial charge in [0.05, 0.1) is 18.4 Å². The maximum absolute atomic E-state index is 12.0. The summed E-state index contributed by atoms with van der Waals surface area (Å²) in [4.78, 5) is 12.0. The fourth-order valence-electron chi connectivity index (χ4n) is 2.31. The summed E-state index contributed by atoms with van der Waals surface area (Å²) in [5, 5.41) is 16.2.